The number of aromatic nitrogens is 4. The van der Waals surface area contributed by atoms with Gasteiger partial charge in [0.15, 0.2) is 0 Å². The zero-order valence-electron chi connectivity index (χ0n) is 13.4. The average molecular weight is 331 g/mol. The maximum atomic E-state index is 12.7. The van der Waals surface area contributed by atoms with Crippen molar-refractivity contribution in [3.05, 3.63) is 36.7 Å². The van der Waals surface area contributed by atoms with E-state index in [0.29, 0.717) is 38.5 Å². The molecule has 128 valence electrons. The summed E-state index contributed by atoms with van der Waals surface area (Å²) in [4.78, 5) is 21.4. The SMILES string of the molecule is O=C(c1ccc[nH]1)N1CCOC[C@]2(CC[C@H](Cn3cncn3)O2)C1. The molecule has 2 aromatic heterocycles. The number of rotatable bonds is 3. The number of aromatic amines is 1. The van der Waals surface area contributed by atoms with E-state index in [1.54, 1.807) is 23.3 Å². The summed E-state index contributed by atoms with van der Waals surface area (Å²) < 4.78 is 13.9. The minimum Gasteiger partial charge on any atom is -0.377 e. The molecule has 0 aromatic carbocycles. The Morgan fingerprint density at radius 3 is 3.25 bits per heavy atom. The second-order valence-corrected chi connectivity index (χ2v) is 6.44. The fraction of sp³-hybridized carbons (Fsp3) is 0.562. The van der Waals surface area contributed by atoms with Crippen LogP contribution in [0.1, 0.15) is 23.3 Å². The lowest BCUT2D eigenvalue weighted by Crippen LogP contribution is -2.47. The third kappa shape index (κ3) is 3.07. The minimum atomic E-state index is -0.427. The number of nitrogens with zero attached hydrogens (tertiary/aromatic N) is 4. The standard InChI is InChI=1S/C16H21N5O3/c22-15(14-2-1-5-18-14)20-6-7-23-10-16(9-20)4-3-13(24-16)8-21-12-17-11-19-21/h1-2,5,11-13,18H,3-4,6-10H2/t13-,16+/m1/s1. The number of carbonyl (C=O) groups is 1. The van der Waals surface area contributed by atoms with Crippen molar-refractivity contribution in [2.45, 2.75) is 31.1 Å². The van der Waals surface area contributed by atoms with Gasteiger partial charge in [0.1, 0.15) is 23.9 Å². The predicted octanol–water partition coefficient (Wildman–Crippen LogP) is 0.697. The van der Waals surface area contributed by atoms with Crippen LogP contribution in [0.15, 0.2) is 31.0 Å². The first-order chi connectivity index (χ1) is 11.7. The van der Waals surface area contributed by atoms with Crippen molar-refractivity contribution in [1.82, 2.24) is 24.6 Å². The van der Waals surface area contributed by atoms with E-state index < -0.39 is 5.60 Å². The quantitative estimate of drug-likeness (QED) is 0.895. The Morgan fingerprint density at radius 1 is 1.50 bits per heavy atom. The van der Waals surface area contributed by atoms with Crippen molar-refractivity contribution in [3.63, 3.8) is 0 Å². The van der Waals surface area contributed by atoms with Crippen LogP contribution in [0.25, 0.3) is 0 Å². The van der Waals surface area contributed by atoms with Gasteiger partial charge in [-0.1, -0.05) is 0 Å². The summed E-state index contributed by atoms with van der Waals surface area (Å²) in [5.41, 5.74) is 0.175. The van der Waals surface area contributed by atoms with Crippen LogP contribution in [0.4, 0.5) is 0 Å². The van der Waals surface area contributed by atoms with E-state index in [4.69, 9.17) is 9.47 Å². The van der Waals surface area contributed by atoms with E-state index in [-0.39, 0.29) is 12.0 Å². The first kappa shape index (κ1) is 15.3. The van der Waals surface area contributed by atoms with Crippen molar-refractivity contribution in [3.8, 4) is 0 Å². The highest BCUT2D eigenvalue weighted by Gasteiger charge is 2.44. The van der Waals surface area contributed by atoms with Gasteiger partial charge >= 0.3 is 0 Å². The molecule has 8 nitrogen and oxygen atoms in total. The Kier molecular flexibility index (Phi) is 4.07. The van der Waals surface area contributed by atoms with E-state index in [2.05, 4.69) is 15.1 Å². The summed E-state index contributed by atoms with van der Waals surface area (Å²) in [5, 5.41) is 4.13. The van der Waals surface area contributed by atoms with Gasteiger partial charge in [0.2, 0.25) is 0 Å². The molecule has 2 fully saturated rings. The van der Waals surface area contributed by atoms with Crippen LogP contribution in [0.3, 0.4) is 0 Å². The van der Waals surface area contributed by atoms with Gasteiger partial charge in [0.25, 0.3) is 5.91 Å². The molecule has 4 rings (SSSR count). The van der Waals surface area contributed by atoms with Gasteiger partial charge < -0.3 is 19.4 Å². The average Bonchev–Trinajstić information content (AvgIpc) is 3.30. The topological polar surface area (TPSA) is 85.3 Å². The molecule has 0 aliphatic carbocycles. The van der Waals surface area contributed by atoms with E-state index in [1.807, 2.05) is 11.0 Å². The van der Waals surface area contributed by atoms with Gasteiger partial charge in [-0.05, 0) is 25.0 Å². The Labute approximate surface area is 139 Å². The summed E-state index contributed by atoms with van der Waals surface area (Å²) in [6, 6.07) is 3.63. The van der Waals surface area contributed by atoms with Crippen molar-refractivity contribution >= 4 is 5.91 Å². The van der Waals surface area contributed by atoms with E-state index in [1.165, 1.54) is 6.33 Å². The summed E-state index contributed by atoms with van der Waals surface area (Å²) in [7, 11) is 0. The summed E-state index contributed by atoms with van der Waals surface area (Å²) in [6.07, 6.45) is 6.84. The first-order valence-corrected chi connectivity index (χ1v) is 8.25. The highest BCUT2D eigenvalue weighted by atomic mass is 16.6. The van der Waals surface area contributed by atoms with E-state index in [0.717, 1.165) is 12.8 Å². The Hall–Kier alpha value is -2.19. The Bertz CT molecular complexity index is 672. The van der Waals surface area contributed by atoms with Gasteiger partial charge in [0.05, 0.1) is 32.4 Å². The summed E-state index contributed by atoms with van der Waals surface area (Å²) >= 11 is 0. The number of amides is 1. The molecule has 0 unspecified atom stereocenters. The monoisotopic (exact) mass is 331 g/mol. The van der Waals surface area contributed by atoms with E-state index >= 15 is 0 Å². The molecule has 0 saturated carbocycles. The third-order valence-corrected chi connectivity index (χ3v) is 4.66. The van der Waals surface area contributed by atoms with Crippen molar-refractivity contribution in [2.75, 3.05) is 26.3 Å². The lowest BCUT2D eigenvalue weighted by molar-refractivity contribution is -0.0881. The highest BCUT2D eigenvalue weighted by Crippen LogP contribution is 2.33. The van der Waals surface area contributed by atoms with Gasteiger partial charge in [-0.3, -0.25) is 9.48 Å². The van der Waals surface area contributed by atoms with Gasteiger partial charge in [-0.25, -0.2) is 4.98 Å². The molecule has 8 heteroatoms. The first-order valence-electron chi connectivity index (χ1n) is 8.25. The predicted molar refractivity (Wildman–Crippen MR) is 84.4 cm³/mol. The molecular weight excluding hydrogens is 310 g/mol. The fourth-order valence-corrected chi connectivity index (χ4v) is 3.49. The molecule has 1 N–H and O–H groups in total. The molecule has 2 saturated heterocycles. The third-order valence-electron chi connectivity index (χ3n) is 4.66. The van der Waals surface area contributed by atoms with Crippen LogP contribution in [0.5, 0.6) is 0 Å². The number of hydrogen-bond acceptors (Lipinski definition) is 5. The molecule has 2 aromatic rings. The van der Waals surface area contributed by atoms with Crippen LogP contribution in [-0.4, -0.2) is 68.6 Å². The second kappa shape index (κ2) is 6.37. The van der Waals surface area contributed by atoms with Gasteiger partial charge in [-0.15, -0.1) is 0 Å². The van der Waals surface area contributed by atoms with Crippen LogP contribution in [0, 0.1) is 0 Å². The Morgan fingerprint density at radius 2 is 2.46 bits per heavy atom. The number of carbonyl (C=O) groups excluding carboxylic acids is 1. The number of ether oxygens (including phenoxy) is 2. The van der Waals surface area contributed by atoms with Crippen molar-refractivity contribution in [1.29, 1.82) is 0 Å². The number of H-pyrrole nitrogens is 1. The highest BCUT2D eigenvalue weighted by molar-refractivity contribution is 5.92. The van der Waals surface area contributed by atoms with Gasteiger partial charge in [0, 0.05) is 12.7 Å². The second-order valence-electron chi connectivity index (χ2n) is 6.44. The van der Waals surface area contributed by atoms with Crippen LogP contribution < -0.4 is 0 Å². The van der Waals surface area contributed by atoms with Crippen LogP contribution in [-0.2, 0) is 16.0 Å². The zero-order chi connectivity index (χ0) is 16.4. The maximum absolute atomic E-state index is 12.7. The maximum Gasteiger partial charge on any atom is 0.270 e. The summed E-state index contributed by atoms with van der Waals surface area (Å²) in [6.45, 7) is 2.86. The Balaban J connectivity index is 1.45. The molecule has 24 heavy (non-hydrogen) atoms. The van der Waals surface area contributed by atoms with Crippen LogP contribution in [0.2, 0.25) is 0 Å². The fourth-order valence-electron chi connectivity index (χ4n) is 3.49. The van der Waals surface area contributed by atoms with Crippen molar-refractivity contribution < 1.29 is 14.3 Å². The zero-order valence-corrected chi connectivity index (χ0v) is 13.4. The lowest BCUT2D eigenvalue weighted by Gasteiger charge is -2.31. The van der Waals surface area contributed by atoms with Gasteiger partial charge in [-0.2, -0.15) is 5.10 Å². The molecular formula is C16H21N5O3. The molecule has 0 bridgehead atoms. The summed E-state index contributed by atoms with van der Waals surface area (Å²) in [5.74, 6) is -0.00630. The number of hydrogen-bond donors (Lipinski definition) is 1. The normalized spacial score (nSPS) is 27.5. The minimum absolute atomic E-state index is 0.00630. The smallest absolute Gasteiger partial charge is 0.270 e. The molecule has 4 heterocycles. The molecule has 1 spiro atoms. The van der Waals surface area contributed by atoms with E-state index in [9.17, 15) is 4.79 Å². The molecule has 2 aliphatic rings. The van der Waals surface area contributed by atoms with Crippen molar-refractivity contribution in [2.24, 2.45) is 0 Å². The molecule has 1 amide bonds. The molecule has 0 radical (unpaired) electrons. The lowest BCUT2D eigenvalue weighted by atomic mass is 10.00. The largest absolute Gasteiger partial charge is 0.377 e. The number of nitrogens with one attached hydrogen (secondary N) is 1. The molecule has 2 aliphatic heterocycles. The molecule has 2 atom stereocenters. The van der Waals surface area contributed by atoms with Crippen LogP contribution >= 0.6 is 0 Å².